The first-order chi connectivity index (χ1) is 9.36. The summed E-state index contributed by atoms with van der Waals surface area (Å²) in [5.41, 5.74) is 0. The highest BCUT2D eigenvalue weighted by Gasteiger charge is 2.21. The van der Waals surface area contributed by atoms with Crippen LogP contribution in [-0.2, 0) is 4.79 Å². The Balaban J connectivity index is 2.21. The summed E-state index contributed by atoms with van der Waals surface area (Å²) >= 11 is 0. The van der Waals surface area contributed by atoms with E-state index in [-0.39, 0.29) is 18.1 Å². The van der Waals surface area contributed by atoms with Gasteiger partial charge in [0.25, 0.3) is 0 Å². The molecular formula is C15H31N3O2. The molecule has 1 atom stereocenters. The molecule has 1 amide bonds. The second kappa shape index (κ2) is 8.60. The molecule has 0 aromatic heterocycles. The van der Waals surface area contributed by atoms with Crippen molar-refractivity contribution in [2.24, 2.45) is 5.92 Å². The smallest absolute Gasteiger partial charge is 0.234 e. The highest BCUT2D eigenvalue weighted by Crippen LogP contribution is 2.18. The molecule has 0 spiro atoms. The summed E-state index contributed by atoms with van der Waals surface area (Å²) in [6.45, 7) is 10.2. The fourth-order valence-electron chi connectivity index (χ4n) is 2.84. The summed E-state index contributed by atoms with van der Waals surface area (Å²) < 4.78 is 0. The molecule has 1 fully saturated rings. The number of likely N-dealkylation sites (N-methyl/N-ethyl adjacent to an activating group) is 1. The van der Waals surface area contributed by atoms with Crippen LogP contribution >= 0.6 is 0 Å². The number of aliphatic hydroxyl groups excluding tert-OH is 1. The van der Waals surface area contributed by atoms with E-state index in [4.69, 9.17) is 0 Å². The number of aliphatic hydroxyl groups is 1. The van der Waals surface area contributed by atoms with Crippen molar-refractivity contribution in [2.45, 2.75) is 45.8 Å². The van der Waals surface area contributed by atoms with Gasteiger partial charge in [-0.25, -0.2) is 0 Å². The van der Waals surface area contributed by atoms with E-state index in [0.717, 1.165) is 39.0 Å². The van der Waals surface area contributed by atoms with Crippen LogP contribution in [-0.4, -0.2) is 72.7 Å². The van der Waals surface area contributed by atoms with Crippen molar-refractivity contribution in [2.75, 3.05) is 39.8 Å². The van der Waals surface area contributed by atoms with E-state index in [2.05, 4.69) is 15.1 Å². The van der Waals surface area contributed by atoms with Crippen molar-refractivity contribution in [1.29, 1.82) is 0 Å². The van der Waals surface area contributed by atoms with Gasteiger partial charge >= 0.3 is 0 Å². The van der Waals surface area contributed by atoms with Crippen molar-refractivity contribution >= 4 is 5.91 Å². The minimum atomic E-state index is -0.242. The van der Waals surface area contributed by atoms with E-state index in [1.54, 1.807) is 0 Å². The average molecular weight is 285 g/mol. The van der Waals surface area contributed by atoms with Gasteiger partial charge in [-0.15, -0.1) is 0 Å². The standard InChI is InChI=1S/C15H31N3O2/c1-12(2)16-15(20)11-17(4)10-14-5-7-18(8-6-14)9-13(3)19/h12-14,19H,5-11H2,1-4H3,(H,16,20)/t13-/m1/s1. The van der Waals surface area contributed by atoms with Crippen molar-refractivity contribution in [1.82, 2.24) is 15.1 Å². The number of hydrogen-bond acceptors (Lipinski definition) is 4. The van der Waals surface area contributed by atoms with E-state index >= 15 is 0 Å². The van der Waals surface area contributed by atoms with Gasteiger partial charge in [-0.3, -0.25) is 9.69 Å². The maximum Gasteiger partial charge on any atom is 0.234 e. The van der Waals surface area contributed by atoms with Crippen LogP contribution in [0.2, 0.25) is 0 Å². The Morgan fingerprint density at radius 1 is 1.35 bits per heavy atom. The number of piperidine rings is 1. The zero-order valence-electron chi connectivity index (χ0n) is 13.4. The SMILES string of the molecule is CC(C)NC(=O)CN(C)CC1CCN(C[C@@H](C)O)CC1. The number of rotatable bonds is 7. The lowest BCUT2D eigenvalue weighted by Gasteiger charge is -2.34. The molecule has 0 aromatic carbocycles. The number of hydrogen-bond donors (Lipinski definition) is 2. The molecule has 5 heteroatoms. The third kappa shape index (κ3) is 7.22. The Morgan fingerprint density at radius 3 is 2.45 bits per heavy atom. The molecule has 0 bridgehead atoms. The van der Waals surface area contributed by atoms with Gasteiger partial charge < -0.3 is 15.3 Å². The first-order valence-electron chi connectivity index (χ1n) is 7.75. The van der Waals surface area contributed by atoms with Gasteiger partial charge in [-0.2, -0.15) is 0 Å². The summed E-state index contributed by atoms with van der Waals surface area (Å²) in [5.74, 6) is 0.770. The lowest BCUT2D eigenvalue weighted by atomic mass is 9.96. The maximum absolute atomic E-state index is 11.7. The molecule has 1 aliphatic heterocycles. The van der Waals surface area contributed by atoms with Gasteiger partial charge in [0, 0.05) is 19.1 Å². The first kappa shape index (κ1) is 17.4. The predicted octanol–water partition coefficient (Wildman–Crippen LogP) is 0.536. The Kier molecular flexibility index (Phi) is 7.48. The maximum atomic E-state index is 11.7. The molecule has 20 heavy (non-hydrogen) atoms. The molecule has 1 saturated heterocycles. The second-order valence-corrected chi connectivity index (χ2v) is 6.51. The Morgan fingerprint density at radius 2 is 1.95 bits per heavy atom. The topological polar surface area (TPSA) is 55.8 Å². The minimum Gasteiger partial charge on any atom is -0.392 e. The molecular weight excluding hydrogens is 254 g/mol. The van der Waals surface area contributed by atoms with Crippen LogP contribution in [0.4, 0.5) is 0 Å². The van der Waals surface area contributed by atoms with Crippen molar-refractivity contribution in [3.05, 3.63) is 0 Å². The number of nitrogens with zero attached hydrogens (tertiary/aromatic N) is 2. The molecule has 0 aromatic rings. The molecule has 118 valence electrons. The van der Waals surface area contributed by atoms with Crippen LogP contribution in [0.1, 0.15) is 33.6 Å². The molecule has 0 saturated carbocycles. The van der Waals surface area contributed by atoms with Crippen LogP contribution in [0, 0.1) is 5.92 Å². The molecule has 0 radical (unpaired) electrons. The van der Waals surface area contributed by atoms with Crippen molar-refractivity contribution in [3.63, 3.8) is 0 Å². The average Bonchev–Trinajstić information content (AvgIpc) is 2.29. The highest BCUT2D eigenvalue weighted by molar-refractivity contribution is 5.78. The zero-order valence-corrected chi connectivity index (χ0v) is 13.4. The zero-order chi connectivity index (χ0) is 15.1. The lowest BCUT2D eigenvalue weighted by molar-refractivity contribution is -0.122. The predicted molar refractivity (Wildman–Crippen MR) is 81.6 cm³/mol. The van der Waals surface area contributed by atoms with E-state index < -0.39 is 0 Å². The number of carbonyl (C=O) groups excluding carboxylic acids is 1. The quantitative estimate of drug-likeness (QED) is 0.717. The molecule has 1 aliphatic rings. The Bertz CT molecular complexity index is 287. The summed E-state index contributed by atoms with van der Waals surface area (Å²) in [5, 5.41) is 12.3. The fraction of sp³-hybridized carbons (Fsp3) is 0.933. The lowest BCUT2D eigenvalue weighted by Crippen LogP contribution is -2.43. The molecule has 1 rings (SSSR count). The van der Waals surface area contributed by atoms with Gasteiger partial charge in [-0.05, 0) is 59.7 Å². The Hall–Kier alpha value is -0.650. The first-order valence-corrected chi connectivity index (χ1v) is 7.75. The summed E-state index contributed by atoms with van der Waals surface area (Å²) in [6.07, 6.45) is 2.07. The molecule has 0 unspecified atom stereocenters. The number of nitrogens with one attached hydrogen (secondary N) is 1. The Labute approximate surface area is 123 Å². The van der Waals surface area contributed by atoms with Gasteiger partial charge in [0.05, 0.1) is 12.6 Å². The van der Waals surface area contributed by atoms with Gasteiger partial charge in [0.15, 0.2) is 0 Å². The van der Waals surface area contributed by atoms with E-state index in [9.17, 15) is 9.90 Å². The number of amides is 1. The van der Waals surface area contributed by atoms with E-state index in [1.165, 1.54) is 0 Å². The summed E-state index contributed by atoms with van der Waals surface area (Å²) in [7, 11) is 2.02. The number of likely N-dealkylation sites (tertiary alicyclic amines) is 1. The minimum absolute atomic E-state index is 0.106. The van der Waals surface area contributed by atoms with Crippen LogP contribution in [0.3, 0.4) is 0 Å². The molecule has 5 nitrogen and oxygen atoms in total. The largest absolute Gasteiger partial charge is 0.392 e. The third-order valence-electron chi connectivity index (χ3n) is 3.66. The normalized spacial score (nSPS) is 19.6. The number of β-amino-alcohol motifs (C(OH)–C–C–N with tert-alkyl or cyclic N) is 1. The number of carbonyl (C=O) groups is 1. The van der Waals surface area contributed by atoms with Crippen LogP contribution in [0.25, 0.3) is 0 Å². The summed E-state index contributed by atoms with van der Waals surface area (Å²) in [6, 6.07) is 0.208. The van der Waals surface area contributed by atoms with Crippen LogP contribution in [0.15, 0.2) is 0 Å². The van der Waals surface area contributed by atoms with Crippen LogP contribution in [0.5, 0.6) is 0 Å². The molecule has 2 N–H and O–H groups in total. The monoisotopic (exact) mass is 285 g/mol. The third-order valence-corrected chi connectivity index (χ3v) is 3.66. The van der Waals surface area contributed by atoms with Crippen molar-refractivity contribution in [3.8, 4) is 0 Å². The van der Waals surface area contributed by atoms with Crippen LogP contribution < -0.4 is 5.32 Å². The van der Waals surface area contributed by atoms with Gasteiger partial charge in [0.1, 0.15) is 0 Å². The van der Waals surface area contributed by atoms with Crippen molar-refractivity contribution < 1.29 is 9.90 Å². The fourth-order valence-corrected chi connectivity index (χ4v) is 2.84. The summed E-state index contributed by atoms with van der Waals surface area (Å²) in [4.78, 5) is 16.1. The van der Waals surface area contributed by atoms with Gasteiger partial charge in [0.2, 0.25) is 5.91 Å². The van der Waals surface area contributed by atoms with E-state index in [0.29, 0.717) is 12.5 Å². The van der Waals surface area contributed by atoms with Gasteiger partial charge in [-0.1, -0.05) is 0 Å². The highest BCUT2D eigenvalue weighted by atomic mass is 16.3. The van der Waals surface area contributed by atoms with E-state index in [1.807, 2.05) is 27.8 Å². The molecule has 1 heterocycles. The molecule has 0 aliphatic carbocycles. The second-order valence-electron chi connectivity index (χ2n) is 6.51.